The number of fused-ring (bicyclic) bond motifs is 1. The number of hydrogen-bond acceptors (Lipinski definition) is 3. The average Bonchev–Trinajstić information content (AvgIpc) is 2.86. The number of benzene rings is 2. The fraction of sp³-hybridized carbons (Fsp3) is 0.0667. The van der Waals surface area contributed by atoms with Crippen molar-refractivity contribution in [1.29, 1.82) is 0 Å². The summed E-state index contributed by atoms with van der Waals surface area (Å²) in [7, 11) is 0. The average molecular weight is 478 g/mol. The molecular formula is C15H11BrClIN2O. The molecule has 0 aliphatic heterocycles. The van der Waals surface area contributed by atoms with Crippen LogP contribution in [-0.4, -0.2) is 0 Å². The van der Waals surface area contributed by atoms with Gasteiger partial charge < -0.3 is 4.42 Å². The monoisotopic (exact) mass is 476 g/mol. The molecule has 0 amide bonds. The number of hydrogen-bond donors (Lipinski definition) is 2. The molecule has 6 heteroatoms. The van der Waals surface area contributed by atoms with E-state index in [1.807, 2.05) is 36.4 Å². The maximum Gasteiger partial charge on any atom is 0.134 e. The smallest absolute Gasteiger partial charge is 0.134 e. The van der Waals surface area contributed by atoms with Gasteiger partial charge in [-0.3, -0.25) is 5.84 Å². The lowest BCUT2D eigenvalue weighted by Gasteiger charge is -2.15. The van der Waals surface area contributed by atoms with Gasteiger partial charge in [0, 0.05) is 18.5 Å². The molecule has 0 saturated carbocycles. The maximum absolute atomic E-state index is 6.01. The molecule has 2 aromatic carbocycles. The number of rotatable bonds is 3. The zero-order valence-electron chi connectivity index (χ0n) is 10.7. The van der Waals surface area contributed by atoms with E-state index in [9.17, 15) is 0 Å². The molecule has 1 aromatic heterocycles. The minimum absolute atomic E-state index is 0.236. The molecule has 3 nitrogen and oxygen atoms in total. The Balaban J connectivity index is 2.11. The van der Waals surface area contributed by atoms with Crippen LogP contribution in [0.1, 0.15) is 17.4 Å². The maximum atomic E-state index is 6.01. The summed E-state index contributed by atoms with van der Waals surface area (Å²) < 4.78 is 8.01. The number of hydrazine groups is 1. The van der Waals surface area contributed by atoms with Crippen LogP contribution in [0.2, 0.25) is 5.02 Å². The molecule has 108 valence electrons. The van der Waals surface area contributed by atoms with Gasteiger partial charge in [-0.1, -0.05) is 27.5 Å². The summed E-state index contributed by atoms with van der Waals surface area (Å²) in [6.45, 7) is 0. The van der Waals surface area contributed by atoms with Crippen LogP contribution in [0.25, 0.3) is 11.0 Å². The summed E-state index contributed by atoms with van der Waals surface area (Å²) in [5.41, 5.74) is 4.63. The first-order valence-electron chi connectivity index (χ1n) is 6.18. The molecule has 0 aliphatic rings. The van der Waals surface area contributed by atoms with Crippen molar-refractivity contribution >= 4 is 61.1 Å². The number of nitrogens with two attached hydrogens (primary N) is 1. The van der Waals surface area contributed by atoms with Crippen molar-refractivity contribution in [2.45, 2.75) is 6.04 Å². The van der Waals surface area contributed by atoms with Crippen LogP contribution in [0.15, 0.2) is 51.4 Å². The highest BCUT2D eigenvalue weighted by Gasteiger charge is 2.20. The van der Waals surface area contributed by atoms with Crippen LogP contribution in [0.3, 0.4) is 0 Å². The summed E-state index contributed by atoms with van der Waals surface area (Å²) in [6.07, 6.45) is 0. The summed E-state index contributed by atoms with van der Waals surface area (Å²) in [5, 5.41) is 1.64. The minimum atomic E-state index is -0.236. The predicted molar refractivity (Wildman–Crippen MR) is 97.2 cm³/mol. The van der Waals surface area contributed by atoms with Crippen LogP contribution < -0.4 is 11.3 Å². The van der Waals surface area contributed by atoms with Gasteiger partial charge in [0.1, 0.15) is 17.4 Å². The molecule has 21 heavy (non-hydrogen) atoms. The minimum Gasteiger partial charge on any atom is -0.459 e. The second-order valence-electron chi connectivity index (χ2n) is 4.60. The molecule has 1 atom stereocenters. The molecule has 1 unspecified atom stereocenters. The standard InChI is InChI=1S/C15H11BrClIN2O/c16-12-3-2-10(18)7-11(12)15(20-19)14-6-8-5-9(17)1-4-13(8)21-14/h1-7,15,20H,19H2. The Kier molecular flexibility index (Phi) is 4.56. The van der Waals surface area contributed by atoms with E-state index in [1.54, 1.807) is 0 Å². The number of furan rings is 1. The molecule has 0 spiro atoms. The van der Waals surface area contributed by atoms with E-state index in [0.29, 0.717) is 5.02 Å². The van der Waals surface area contributed by atoms with Crippen molar-refractivity contribution in [2.24, 2.45) is 5.84 Å². The van der Waals surface area contributed by atoms with Gasteiger partial charge >= 0.3 is 0 Å². The summed E-state index contributed by atoms with van der Waals surface area (Å²) in [4.78, 5) is 0. The Bertz CT molecular complexity index is 805. The number of halogens is 3. The van der Waals surface area contributed by atoms with Crippen molar-refractivity contribution in [3.05, 3.63) is 66.9 Å². The van der Waals surface area contributed by atoms with Crippen LogP contribution in [-0.2, 0) is 0 Å². The SMILES string of the molecule is NNC(c1cc2cc(Cl)ccc2o1)c1cc(I)ccc1Br. The first-order valence-corrected chi connectivity index (χ1v) is 8.43. The lowest BCUT2D eigenvalue weighted by molar-refractivity contribution is 0.476. The normalized spacial score (nSPS) is 12.8. The van der Waals surface area contributed by atoms with Gasteiger partial charge in [0.2, 0.25) is 0 Å². The third kappa shape index (κ3) is 3.12. The first-order chi connectivity index (χ1) is 10.1. The molecule has 0 fully saturated rings. The topological polar surface area (TPSA) is 51.2 Å². The molecule has 3 rings (SSSR count). The fourth-order valence-corrected chi connectivity index (χ4v) is 3.41. The highest BCUT2D eigenvalue weighted by molar-refractivity contribution is 14.1. The van der Waals surface area contributed by atoms with Crippen molar-refractivity contribution < 1.29 is 4.42 Å². The van der Waals surface area contributed by atoms with Crippen molar-refractivity contribution in [2.75, 3.05) is 0 Å². The lowest BCUT2D eigenvalue weighted by atomic mass is 10.1. The van der Waals surface area contributed by atoms with Gasteiger partial charge in [0.25, 0.3) is 0 Å². The zero-order valence-corrected chi connectivity index (χ0v) is 15.2. The van der Waals surface area contributed by atoms with Gasteiger partial charge in [0.15, 0.2) is 0 Å². The molecule has 0 aliphatic carbocycles. The largest absolute Gasteiger partial charge is 0.459 e. The van der Waals surface area contributed by atoms with E-state index < -0.39 is 0 Å². The summed E-state index contributed by atoms with van der Waals surface area (Å²) in [6, 6.07) is 13.4. The first kappa shape index (κ1) is 15.3. The third-order valence-corrected chi connectivity index (χ3v) is 4.85. The van der Waals surface area contributed by atoms with E-state index in [-0.39, 0.29) is 6.04 Å². The summed E-state index contributed by atoms with van der Waals surface area (Å²) in [5.74, 6) is 6.50. The Morgan fingerprint density at radius 3 is 2.76 bits per heavy atom. The third-order valence-electron chi connectivity index (χ3n) is 3.22. The van der Waals surface area contributed by atoms with E-state index in [2.05, 4.69) is 50.0 Å². The molecule has 3 aromatic rings. The van der Waals surface area contributed by atoms with E-state index in [4.69, 9.17) is 21.9 Å². The van der Waals surface area contributed by atoms with Crippen molar-refractivity contribution in [1.82, 2.24) is 5.43 Å². The van der Waals surface area contributed by atoms with Crippen LogP contribution in [0, 0.1) is 3.57 Å². The van der Waals surface area contributed by atoms with E-state index >= 15 is 0 Å². The Labute approximate surface area is 149 Å². The molecular weight excluding hydrogens is 466 g/mol. The Morgan fingerprint density at radius 1 is 1.19 bits per heavy atom. The molecule has 0 radical (unpaired) electrons. The highest BCUT2D eigenvalue weighted by atomic mass is 127. The van der Waals surface area contributed by atoms with E-state index in [0.717, 1.165) is 30.3 Å². The van der Waals surface area contributed by atoms with Crippen molar-refractivity contribution in [3.63, 3.8) is 0 Å². The van der Waals surface area contributed by atoms with Crippen LogP contribution >= 0.6 is 50.1 Å². The second-order valence-corrected chi connectivity index (χ2v) is 7.13. The van der Waals surface area contributed by atoms with Gasteiger partial charge in [0.05, 0.1) is 0 Å². The summed E-state index contributed by atoms with van der Waals surface area (Å²) >= 11 is 11.8. The van der Waals surface area contributed by atoms with Gasteiger partial charge in [-0.2, -0.15) is 0 Å². The van der Waals surface area contributed by atoms with E-state index in [1.165, 1.54) is 0 Å². The lowest BCUT2D eigenvalue weighted by Crippen LogP contribution is -2.28. The Hall–Kier alpha value is -0.600. The second kappa shape index (κ2) is 6.26. The predicted octanol–water partition coefficient (Wildman–Crippen LogP) is 5.01. The molecule has 0 saturated heterocycles. The molecule has 3 N–H and O–H groups in total. The molecule has 0 bridgehead atoms. The van der Waals surface area contributed by atoms with Gasteiger partial charge in [-0.25, -0.2) is 5.43 Å². The quantitative estimate of drug-likeness (QED) is 0.317. The van der Waals surface area contributed by atoms with Crippen LogP contribution in [0.5, 0.6) is 0 Å². The fourth-order valence-electron chi connectivity index (χ4n) is 2.24. The van der Waals surface area contributed by atoms with Crippen molar-refractivity contribution in [3.8, 4) is 0 Å². The molecule has 1 heterocycles. The zero-order chi connectivity index (χ0) is 15.0. The van der Waals surface area contributed by atoms with Gasteiger partial charge in [-0.15, -0.1) is 0 Å². The Morgan fingerprint density at radius 2 is 2.00 bits per heavy atom. The number of nitrogens with one attached hydrogen (secondary N) is 1. The van der Waals surface area contributed by atoms with Crippen LogP contribution in [0.4, 0.5) is 0 Å². The van der Waals surface area contributed by atoms with Gasteiger partial charge in [-0.05, 0) is 70.6 Å². The highest BCUT2D eigenvalue weighted by Crippen LogP contribution is 2.33.